The number of nitrogens with one attached hydrogen (secondary N) is 2. The molecule has 41 heavy (non-hydrogen) atoms. The molecule has 3 rings (SSSR count). The third-order valence-corrected chi connectivity index (χ3v) is 11.3. The van der Waals surface area contributed by atoms with Crippen molar-refractivity contribution in [3.8, 4) is 0 Å². The molecule has 0 amide bonds. The van der Waals surface area contributed by atoms with E-state index in [2.05, 4.69) is 156 Å². The summed E-state index contributed by atoms with van der Waals surface area (Å²) in [7, 11) is 2.07. The molecule has 0 radical (unpaired) electrons. The van der Waals surface area contributed by atoms with Crippen LogP contribution in [0, 0.1) is 24.0 Å². The number of hydrogen-bond donors (Lipinski definition) is 2. The van der Waals surface area contributed by atoms with Gasteiger partial charge in [-0.25, -0.2) is 0 Å². The summed E-state index contributed by atoms with van der Waals surface area (Å²) >= 11 is 11.5. The monoisotopic (exact) mass is 802 g/mol. The van der Waals surface area contributed by atoms with E-state index in [9.17, 15) is 0 Å². The number of likely N-dealkylation sites (N-methyl/N-ethyl adjacent to an activating group) is 1. The summed E-state index contributed by atoms with van der Waals surface area (Å²) in [4.78, 5) is 5.35. The average Bonchev–Trinajstić information content (AvgIpc) is 3.19. The molecular formula is C34H49ClI2N4. The van der Waals surface area contributed by atoms with Crippen LogP contribution < -0.4 is 10.6 Å². The first-order chi connectivity index (χ1) is 19.6. The maximum absolute atomic E-state index is 6.16. The standard InChI is InChI=1S/C34H49ClI2N4/c1-7-26(20-27-14-13-17-31(35)21-27)23-39-33(38-6)25(4)41-19-18-40(24-34(41,5)37)32(36)29(9-3)22-30-16-12-10-11-15-28(30)8-2/h9-12,14,16,21-22,25-26,28,32-33,38-39H,7-8,15,18-20,23-24H2,1-6H3/b29-9+,30-22-. The Labute approximate surface area is 282 Å². The molecule has 2 N–H and O–H groups in total. The molecule has 1 saturated heterocycles. The van der Waals surface area contributed by atoms with Gasteiger partial charge in [0.05, 0.1) is 18.8 Å². The quantitative estimate of drug-likeness (QED) is 0.0918. The summed E-state index contributed by atoms with van der Waals surface area (Å²) in [5, 5.41) is 8.08. The molecule has 1 aromatic rings. The summed E-state index contributed by atoms with van der Waals surface area (Å²) in [6.45, 7) is 15.6. The molecule has 1 fully saturated rings. The van der Waals surface area contributed by atoms with Gasteiger partial charge in [0, 0.05) is 25.7 Å². The zero-order valence-corrected chi connectivity index (χ0v) is 30.8. The second-order valence-electron chi connectivity index (χ2n) is 11.6. The summed E-state index contributed by atoms with van der Waals surface area (Å²) in [6.07, 6.45) is 18.4. The summed E-state index contributed by atoms with van der Waals surface area (Å²) in [6, 6.07) is 10.3. The van der Waals surface area contributed by atoms with Crippen molar-refractivity contribution in [3.05, 3.63) is 82.5 Å². The Kier molecular flexibility index (Phi) is 14.7. The fourth-order valence-electron chi connectivity index (χ4n) is 6.09. The van der Waals surface area contributed by atoms with Crippen LogP contribution in [0.3, 0.4) is 0 Å². The van der Waals surface area contributed by atoms with Gasteiger partial charge >= 0.3 is 0 Å². The van der Waals surface area contributed by atoms with Crippen LogP contribution in [0.2, 0.25) is 5.02 Å². The molecule has 1 aromatic carbocycles. The van der Waals surface area contributed by atoms with Crippen LogP contribution in [-0.2, 0) is 6.42 Å². The van der Waals surface area contributed by atoms with Crippen LogP contribution in [0.25, 0.3) is 0 Å². The van der Waals surface area contributed by atoms with Crippen LogP contribution in [-0.4, -0.2) is 62.8 Å². The highest BCUT2D eigenvalue weighted by Gasteiger charge is 2.41. The van der Waals surface area contributed by atoms with E-state index in [4.69, 9.17) is 11.6 Å². The minimum Gasteiger partial charge on any atom is -0.304 e. The molecular weight excluding hydrogens is 754 g/mol. The maximum Gasteiger partial charge on any atom is 0.0910 e. The van der Waals surface area contributed by atoms with Gasteiger partial charge in [0.15, 0.2) is 0 Å². The van der Waals surface area contributed by atoms with Gasteiger partial charge in [0.2, 0.25) is 0 Å². The fraction of sp³-hybridized carbons (Fsp3) is 0.588. The Morgan fingerprint density at radius 3 is 2.71 bits per heavy atom. The second-order valence-corrected chi connectivity index (χ2v) is 15.5. The van der Waals surface area contributed by atoms with E-state index in [1.807, 2.05) is 12.1 Å². The van der Waals surface area contributed by atoms with E-state index in [0.29, 0.717) is 26.9 Å². The molecule has 1 heterocycles. The first-order valence-corrected chi connectivity index (χ1v) is 17.9. The van der Waals surface area contributed by atoms with Crippen molar-refractivity contribution in [1.29, 1.82) is 0 Å². The van der Waals surface area contributed by atoms with Crippen LogP contribution in [0.1, 0.15) is 59.4 Å². The lowest BCUT2D eigenvalue weighted by atomic mass is 9.92. The number of hydrogen-bond acceptors (Lipinski definition) is 4. The highest BCUT2D eigenvalue weighted by Crippen LogP contribution is 2.35. The van der Waals surface area contributed by atoms with Crippen LogP contribution in [0.5, 0.6) is 0 Å². The first kappa shape index (κ1) is 35.1. The summed E-state index contributed by atoms with van der Waals surface area (Å²) in [5.41, 5.74) is 4.10. The average molecular weight is 803 g/mol. The van der Waals surface area contributed by atoms with Crippen molar-refractivity contribution in [2.75, 3.05) is 33.2 Å². The SMILES string of the molecule is C/C=C(\C=C1\C=CC=CCC1CC)C(I)N1CCN(C(C)C(NC)NCC(CC)Cc2cc#cc(Cl)c2)C(C)(I)C1. The highest BCUT2D eigenvalue weighted by molar-refractivity contribution is 14.1. The Bertz CT molecular complexity index is 1080. The van der Waals surface area contributed by atoms with E-state index in [0.717, 1.165) is 45.4 Å². The van der Waals surface area contributed by atoms with E-state index in [-0.39, 0.29) is 9.71 Å². The first-order valence-electron chi connectivity index (χ1n) is 15.2. The molecule has 2 aliphatic rings. The molecule has 0 spiro atoms. The number of rotatable bonds is 13. The van der Waals surface area contributed by atoms with Gasteiger partial charge in [-0.2, -0.15) is 0 Å². The van der Waals surface area contributed by atoms with Crippen molar-refractivity contribution in [2.45, 2.75) is 80.1 Å². The van der Waals surface area contributed by atoms with Gasteiger partial charge < -0.3 is 10.6 Å². The third-order valence-electron chi connectivity index (χ3n) is 8.68. The minimum atomic E-state index is 0.0248. The Hall–Kier alpha value is -0.410. The van der Waals surface area contributed by atoms with Crippen molar-refractivity contribution in [1.82, 2.24) is 20.4 Å². The van der Waals surface area contributed by atoms with Gasteiger partial charge in [-0.1, -0.05) is 120 Å². The number of nitrogens with zero attached hydrogens (tertiary/aromatic N) is 2. The van der Waals surface area contributed by atoms with Gasteiger partial charge in [-0.15, -0.1) is 0 Å². The third kappa shape index (κ3) is 10.1. The smallest absolute Gasteiger partial charge is 0.0910 e. The lowest BCUT2D eigenvalue weighted by Crippen LogP contribution is -2.66. The normalized spacial score (nSPS) is 26.4. The molecule has 6 atom stereocenters. The Morgan fingerprint density at radius 1 is 1.29 bits per heavy atom. The minimum absolute atomic E-state index is 0.0248. The van der Waals surface area contributed by atoms with Gasteiger partial charge in [-0.3, -0.25) is 9.80 Å². The number of allylic oxidation sites excluding steroid dienone is 6. The van der Waals surface area contributed by atoms with Gasteiger partial charge in [0.1, 0.15) is 0 Å². The predicted molar refractivity (Wildman–Crippen MR) is 194 cm³/mol. The Morgan fingerprint density at radius 2 is 2.07 bits per heavy atom. The van der Waals surface area contributed by atoms with Crippen LogP contribution in [0.15, 0.2) is 59.7 Å². The maximum atomic E-state index is 6.16. The number of piperazine rings is 1. The largest absolute Gasteiger partial charge is 0.304 e. The summed E-state index contributed by atoms with van der Waals surface area (Å²) in [5.74, 6) is 1.13. The fourth-order valence-corrected chi connectivity index (χ4v) is 8.42. The van der Waals surface area contributed by atoms with Crippen molar-refractivity contribution in [2.24, 2.45) is 11.8 Å². The predicted octanol–water partition coefficient (Wildman–Crippen LogP) is 7.98. The zero-order valence-electron chi connectivity index (χ0n) is 25.7. The van der Waals surface area contributed by atoms with Crippen molar-refractivity contribution in [3.63, 3.8) is 0 Å². The Balaban J connectivity index is 1.63. The molecule has 1 aliphatic carbocycles. The van der Waals surface area contributed by atoms with Gasteiger partial charge in [0.25, 0.3) is 0 Å². The molecule has 0 bridgehead atoms. The molecule has 0 saturated carbocycles. The topological polar surface area (TPSA) is 30.5 Å². The van der Waals surface area contributed by atoms with E-state index < -0.39 is 0 Å². The van der Waals surface area contributed by atoms with E-state index >= 15 is 0 Å². The molecule has 226 valence electrons. The molecule has 1 aliphatic heterocycles. The molecule has 0 aromatic heterocycles. The highest BCUT2D eigenvalue weighted by atomic mass is 127. The molecule has 7 heteroatoms. The van der Waals surface area contributed by atoms with Crippen molar-refractivity contribution < 1.29 is 0 Å². The van der Waals surface area contributed by atoms with E-state index in [1.165, 1.54) is 23.1 Å². The van der Waals surface area contributed by atoms with E-state index in [1.54, 1.807) is 0 Å². The second kappa shape index (κ2) is 17.2. The zero-order chi connectivity index (χ0) is 30.0. The number of alkyl halides is 2. The number of halogens is 3. The van der Waals surface area contributed by atoms with Crippen molar-refractivity contribution >= 4 is 56.8 Å². The molecule has 4 nitrogen and oxygen atoms in total. The van der Waals surface area contributed by atoms with Crippen LogP contribution >= 0.6 is 56.8 Å². The van der Waals surface area contributed by atoms with Gasteiger partial charge in [-0.05, 0) is 100 Å². The lowest BCUT2D eigenvalue weighted by Gasteiger charge is -2.51. The van der Waals surface area contributed by atoms with Crippen LogP contribution in [0.4, 0.5) is 0 Å². The lowest BCUT2D eigenvalue weighted by molar-refractivity contribution is 0.0293. The summed E-state index contributed by atoms with van der Waals surface area (Å²) < 4.78 is 0.375. The molecule has 6 unspecified atom stereocenters.